The van der Waals surface area contributed by atoms with Gasteiger partial charge in [0.25, 0.3) is 0 Å². The fourth-order valence-corrected chi connectivity index (χ4v) is 3.62. The van der Waals surface area contributed by atoms with E-state index in [1.165, 1.54) is 18.7 Å². The Morgan fingerprint density at radius 3 is 2.93 bits per heavy atom. The van der Waals surface area contributed by atoms with E-state index in [0.29, 0.717) is 38.9 Å². The van der Waals surface area contributed by atoms with Gasteiger partial charge in [-0.2, -0.15) is 4.98 Å². The normalized spacial score (nSPS) is 10.8. The maximum absolute atomic E-state index is 11.3. The Labute approximate surface area is 175 Å². The van der Waals surface area contributed by atoms with Crippen LogP contribution >= 0.6 is 23.4 Å². The van der Waals surface area contributed by atoms with Crippen LogP contribution in [0.1, 0.15) is 12.8 Å². The molecule has 0 aliphatic heterocycles. The number of amides is 1. The molecule has 10 heteroatoms. The summed E-state index contributed by atoms with van der Waals surface area (Å²) in [5.41, 5.74) is 2.24. The van der Waals surface area contributed by atoms with Gasteiger partial charge in [0.05, 0.1) is 16.5 Å². The summed E-state index contributed by atoms with van der Waals surface area (Å²) in [6.07, 6.45) is 1.61. The molecule has 0 fully saturated rings. The highest BCUT2D eigenvalue weighted by Gasteiger charge is 2.14. The average molecular weight is 427 g/mol. The average Bonchev–Trinajstić information content (AvgIpc) is 3.36. The molecule has 0 aliphatic carbocycles. The number of halogens is 1. The van der Waals surface area contributed by atoms with Gasteiger partial charge in [-0.3, -0.25) is 9.36 Å². The van der Waals surface area contributed by atoms with Crippen LogP contribution in [-0.4, -0.2) is 30.8 Å². The van der Waals surface area contributed by atoms with E-state index in [0.717, 1.165) is 5.69 Å². The largest absolute Gasteiger partial charge is 0.338 e. The standard InChI is InChI=1S/C19H15ClN6O2S/c1-12(27)22-13-5-4-6-14(9-13)26-11-21-24-19(26)29-10-17-23-18(25-28-17)15-7-2-3-8-16(15)20/h2-9,11H,10H2,1H3,(H,22,27). The molecule has 0 aliphatic rings. The predicted octanol–water partition coefficient (Wildman–Crippen LogP) is 4.22. The van der Waals surface area contributed by atoms with E-state index in [9.17, 15) is 4.79 Å². The van der Waals surface area contributed by atoms with Gasteiger partial charge in [-0.25, -0.2) is 0 Å². The second-order valence-corrected chi connectivity index (χ2v) is 7.34. The number of nitrogens with zero attached hydrogens (tertiary/aromatic N) is 5. The van der Waals surface area contributed by atoms with E-state index >= 15 is 0 Å². The number of carbonyl (C=O) groups excluding carboxylic acids is 1. The number of hydrogen-bond acceptors (Lipinski definition) is 7. The molecule has 2 aromatic carbocycles. The molecule has 0 atom stereocenters. The molecule has 1 amide bonds. The van der Waals surface area contributed by atoms with Crippen LogP contribution in [0, 0.1) is 0 Å². The summed E-state index contributed by atoms with van der Waals surface area (Å²) in [6.45, 7) is 1.47. The number of anilines is 1. The molecule has 2 aromatic heterocycles. The van der Waals surface area contributed by atoms with Gasteiger partial charge in [-0.1, -0.05) is 46.7 Å². The lowest BCUT2D eigenvalue weighted by Gasteiger charge is -2.08. The van der Waals surface area contributed by atoms with Gasteiger partial charge in [0, 0.05) is 18.2 Å². The Kier molecular flexibility index (Phi) is 5.59. The summed E-state index contributed by atoms with van der Waals surface area (Å²) in [7, 11) is 0. The molecule has 0 bridgehead atoms. The van der Waals surface area contributed by atoms with Crippen molar-refractivity contribution in [2.24, 2.45) is 0 Å². The number of carbonyl (C=O) groups is 1. The van der Waals surface area contributed by atoms with Gasteiger partial charge in [-0.15, -0.1) is 10.2 Å². The van der Waals surface area contributed by atoms with E-state index in [-0.39, 0.29) is 5.91 Å². The Hall–Kier alpha value is -3.17. The zero-order valence-electron chi connectivity index (χ0n) is 15.2. The minimum Gasteiger partial charge on any atom is -0.338 e. The zero-order chi connectivity index (χ0) is 20.2. The Morgan fingerprint density at radius 2 is 2.10 bits per heavy atom. The molecular weight excluding hydrogens is 412 g/mol. The van der Waals surface area contributed by atoms with E-state index in [1.54, 1.807) is 12.4 Å². The molecule has 0 saturated carbocycles. The monoisotopic (exact) mass is 426 g/mol. The van der Waals surface area contributed by atoms with E-state index in [4.69, 9.17) is 16.1 Å². The third-order valence-electron chi connectivity index (χ3n) is 3.87. The third kappa shape index (κ3) is 4.47. The summed E-state index contributed by atoms with van der Waals surface area (Å²) in [5.74, 6) is 1.18. The van der Waals surface area contributed by atoms with Crippen molar-refractivity contribution in [2.45, 2.75) is 17.8 Å². The van der Waals surface area contributed by atoms with E-state index < -0.39 is 0 Å². The first-order valence-corrected chi connectivity index (χ1v) is 9.95. The molecule has 4 aromatic rings. The van der Waals surface area contributed by atoms with Crippen molar-refractivity contribution < 1.29 is 9.32 Å². The maximum Gasteiger partial charge on any atom is 0.237 e. The maximum atomic E-state index is 11.3. The van der Waals surface area contributed by atoms with Crippen molar-refractivity contribution in [3.8, 4) is 17.1 Å². The van der Waals surface area contributed by atoms with Gasteiger partial charge in [-0.05, 0) is 30.3 Å². The number of thioether (sulfide) groups is 1. The van der Waals surface area contributed by atoms with Crippen molar-refractivity contribution in [3.63, 3.8) is 0 Å². The molecule has 2 heterocycles. The summed E-state index contributed by atoms with van der Waals surface area (Å²) in [4.78, 5) is 15.7. The van der Waals surface area contributed by atoms with Crippen molar-refractivity contribution in [1.82, 2.24) is 24.9 Å². The molecule has 29 heavy (non-hydrogen) atoms. The first-order chi connectivity index (χ1) is 14.1. The van der Waals surface area contributed by atoms with Crippen molar-refractivity contribution in [3.05, 3.63) is 65.8 Å². The number of benzene rings is 2. The second-order valence-electron chi connectivity index (χ2n) is 6.00. The summed E-state index contributed by atoms with van der Waals surface area (Å²) in [5, 5.41) is 16.1. The lowest BCUT2D eigenvalue weighted by molar-refractivity contribution is -0.114. The van der Waals surface area contributed by atoms with Crippen molar-refractivity contribution in [1.29, 1.82) is 0 Å². The van der Waals surface area contributed by atoms with Crippen molar-refractivity contribution in [2.75, 3.05) is 5.32 Å². The summed E-state index contributed by atoms with van der Waals surface area (Å²) >= 11 is 7.59. The van der Waals surface area contributed by atoms with Gasteiger partial charge in [0.15, 0.2) is 5.16 Å². The number of hydrogen-bond donors (Lipinski definition) is 1. The molecule has 1 N–H and O–H groups in total. The Bertz CT molecular complexity index is 1160. The van der Waals surface area contributed by atoms with Gasteiger partial charge in [0.1, 0.15) is 6.33 Å². The van der Waals surface area contributed by atoms with Crippen LogP contribution in [0.15, 0.2) is 64.5 Å². The second kappa shape index (κ2) is 8.46. The van der Waals surface area contributed by atoms with E-state index in [2.05, 4.69) is 25.7 Å². The Morgan fingerprint density at radius 1 is 1.24 bits per heavy atom. The molecule has 0 saturated heterocycles. The zero-order valence-corrected chi connectivity index (χ0v) is 16.8. The van der Waals surface area contributed by atoms with Crippen LogP contribution < -0.4 is 5.32 Å². The fraction of sp³-hybridized carbons (Fsp3) is 0.105. The first-order valence-electron chi connectivity index (χ1n) is 8.58. The van der Waals surface area contributed by atoms with Crippen molar-refractivity contribution >= 4 is 35.0 Å². The topological polar surface area (TPSA) is 98.7 Å². The fourth-order valence-electron chi connectivity index (χ4n) is 2.63. The first kappa shape index (κ1) is 19.2. The molecule has 8 nitrogen and oxygen atoms in total. The summed E-state index contributed by atoms with van der Waals surface area (Å²) < 4.78 is 7.16. The van der Waals surface area contributed by atoms with Crippen LogP contribution in [0.4, 0.5) is 5.69 Å². The van der Waals surface area contributed by atoms with Crippen LogP contribution in [-0.2, 0) is 10.5 Å². The Balaban J connectivity index is 1.50. The van der Waals surface area contributed by atoms with Crippen LogP contribution in [0.25, 0.3) is 17.1 Å². The lowest BCUT2D eigenvalue weighted by Crippen LogP contribution is -2.06. The third-order valence-corrected chi connectivity index (χ3v) is 5.13. The number of aromatic nitrogens is 5. The molecule has 146 valence electrons. The highest BCUT2D eigenvalue weighted by molar-refractivity contribution is 7.98. The van der Waals surface area contributed by atoms with Crippen LogP contribution in [0.5, 0.6) is 0 Å². The quantitative estimate of drug-likeness (QED) is 0.461. The van der Waals surface area contributed by atoms with Gasteiger partial charge < -0.3 is 9.84 Å². The van der Waals surface area contributed by atoms with Gasteiger partial charge in [0.2, 0.25) is 17.6 Å². The minimum atomic E-state index is -0.133. The molecular formula is C19H15ClN6O2S. The molecule has 0 unspecified atom stereocenters. The summed E-state index contributed by atoms with van der Waals surface area (Å²) in [6, 6.07) is 14.7. The van der Waals surface area contributed by atoms with Crippen LogP contribution in [0.3, 0.4) is 0 Å². The highest BCUT2D eigenvalue weighted by Crippen LogP contribution is 2.27. The smallest absolute Gasteiger partial charge is 0.237 e. The minimum absolute atomic E-state index is 0.133. The predicted molar refractivity (Wildman–Crippen MR) is 110 cm³/mol. The molecule has 0 radical (unpaired) electrons. The number of rotatable bonds is 6. The molecule has 4 rings (SSSR count). The lowest BCUT2D eigenvalue weighted by atomic mass is 10.2. The number of nitrogens with one attached hydrogen (secondary N) is 1. The van der Waals surface area contributed by atoms with E-state index in [1.807, 2.05) is 47.0 Å². The van der Waals surface area contributed by atoms with Gasteiger partial charge >= 0.3 is 0 Å². The highest BCUT2D eigenvalue weighted by atomic mass is 35.5. The SMILES string of the molecule is CC(=O)Nc1cccc(-n2cnnc2SCc2nc(-c3ccccc3Cl)no2)c1. The van der Waals surface area contributed by atoms with Crippen LogP contribution in [0.2, 0.25) is 5.02 Å². The molecule has 0 spiro atoms.